The van der Waals surface area contributed by atoms with Crippen molar-refractivity contribution in [3.8, 4) is 0 Å². The molecule has 5 nitrogen and oxygen atoms in total. The Morgan fingerprint density at radius 3 is 2.82 bits per heavy atom. The Balaban J connectivity index is 1.68. The van der Waals surface area contributed by atoms with Gasteiger partial charge in [-0.25, -0.2) is 0 Å². The molecule has 5 heteroatoms. The van der Waals surface area contributed by atoms with Crippen molar-refractivity contribution in [2.75, 3.05) is 33.9 Å². The van der Waals surface area contributed by atoms with E-state index in [1.165, 1.54) is 55.4 Å². The lowest BCUT2D eigenvalue weighted by Crippen LogP contribution is -2.38. The van der Waals surface area contributed by atoms with Gasteiger partial charge < -0.3 is 14.4 Å². The number of hydrogen-bond acceptors (Lipinski definition) is 4. The quantitative estimate of drug-likeness (QED) is 0.552. The number of nitrogens with one attached hydrogen (secondary N) is 1. The second kappa shape index (κ2) is 10.6. The topological polar surface area (TPSA) is 50.4 Å². The van der Waals surface area contributed by atoms with E-state index in [0.29, 0.717) is 11.5 Å². The van der Waals surface area contributed by atoms with Crippen LogP contribution in [0.15, 0.2) is 12.3 Å². The van der Waals surface area contributed by atoms with Gasteiger partial charge in [0.2, 0.25) is 0 Å². The van der Waals surface area contributed by atoms with Gasteiger partial charge in [-0.1, -0.05) is 32.3 Å². The Morgan fingerprint density at radius 1 is 1.25 bits per heavy atom. The normalized spacial score (nSPS) is 21.6. The Morgan fingerprint density at radius 2 is 2.07 bits per heavy atom. The van der Waals surface area contributed by atoms with Crippen LogP contribution in [0.1, 0.15) is 76.0 Å². The predicted molar refractivity (Wildman–Crippen MR) is 114 cm³/mol. The van der Waals surface area contributed by atoms with Gasteiger partial charge in [0.05, 0.1) is 18.0 Å². The largest absolute Gasteiger partial charge is 0.385 e. The molecule has 0 amide bonds. The van der Waals surface area contributed by atoms with E-state index in [4.69, 9.17) is 9.47 Å². The van der Waals surface area contributed by atoms with Crippen LogP contribution in [0.2, 0.25) is 0 Å². The maximum atomic E-state index is 6.37. The number of H-pyrrole nitrogens is 1. The van der Waals surface area contributed by atoms with Crippen molar-refractivity contribution in [3.05, 3.63) is 23.5 Å². The highest BCUT2D eigenvalue weighted by Crippen LogP contribution is 2.52. The molecule has 28 heavy (non-hydrogen) atoms. The summed E-state index contributed by atoms with van der Waals surface area (Å²) in [6.45, 7) is 5.94. The van der Waals surface area contributed by atoms with Crippen LogP contribution in [0.5, 0.6) is 0 Å². The summed E-state index contributed by atoms with van der Waals surface area (Å²) in [5.41, 5.74) is 4.35. The van der Waals surface area contributed by atoms with Crippen molar-refractivity contribution < 1.29 is 9.47 Å². The molecule has 158 valence electrons. The SMILES string of the molecule is CCCCN(C)Cc1cn[nH]c1C1=CCC(OCCCOC)C2(CCCC2)C1. The first-order chi connectivity index (χ1) is 13.7. The molecule has 1 aromatic rings. The summed E-state index contributed by atoms with van der Waals surface area (Å²) < 4.78 is 11.5. The van der Waals surface area contributed by atoms with Crippen molar-refractivity contribution in [3.63, 3.8) is 0 Å². The monoisotopic (exact) mass is 389 g/mol. The molecule has 3 rings (SSSR count). The van der Waals surface area contributed by atoms with E-state index in [1.54, 1.807) is 7.11 Å². The second-order valence-electron chi connectivity index (χ2n) is 8.78. The molecule has 1 aromatic heterocycles. The number of aromatic nitrogens is 2. The highest BCUT2D eigenvalue weighted by Gasteiger charge is 2.44. The minimum absolute atomic E-state index is 0.313. The number of ether oxygens (including phenoxy) is 2. The number of rotatable bonds is 11. The Labute approximate surface area is 170 Å². The molecule has 1 heterocycles. The Hall–Kier alpha value is -1.17. The minimum Gasteiger partial charge on any atom is -0.385 e. The maximum Gasteiger partial charge on any atom is 0.0669 e. The average Bonchev–Trinajstić information content (AvgIpc) is 3.35. The van der Waals surface area contributed by atoms with E-state index in [1.807, 2.05) is 6.20 Å². The highest BCUT2D eigenvalue weighted by atomic mass is 16.5. The standard InChI is InChI=1S/C23H39N3O2/c1-4-5-13-26(2)18-20-17-24-25-22(20)19-9-10-21(28-15-8-14-27-3)23(16-19)11-6-7-12-23/h9,17,21H,4-8,10-16,18H2,1-3H3,(H,24,25). The van der Waals surface area contributed by atoms with Crippen LogP contribution in [0.25, 0.3) is 5.57 Å². The third kappa shape index (κ3) is 5.25. The Kier molecular flexibility index (Phi) is 8.12. The molecule has 1 N–H and O–H groups in total. The van der Waals surface area contributed by atoms with Crippen LogP contribution in [0.4, 0.5) is 0 Å². The van der Waals surface area contributed by atoms with E-state index in [0.717, 1.165) is 45.6 Å². The maximum absolute atomic E-state index is 6.37. The molecule has 0 saturated heterocycles. The van der Waals surface area contributed by atoms with Gasteiger partial charge in [-0.3, -0.25) is 5.10 Å². The fourth-order valence-electron chi connectivity index (χ4n) is 5.01. The van der Waals surface area contributed by atoms with Crippen molar-refractivity contribution in [1.82, 2.24) is 15.1 Å². The number of methoxy groups -OCH3 is 1. The highest BCUT2D eigenvalue weighted by molar-refractivity contribution is 5.66. The molecule has 0 aromatic carbocycles. The van der Waals surface area contributed by atoms with Gasteiger partial charge in [0.1, 0.15) is 0 Å². The molecule has 2 aliphatic carbocycles. The molecule has 2 aliphatic rings. The fourth-order valence-corrected chi connectivity index (χ4v) is 5.01. The van der Waals surface area contributed by atoms with Gasteiger partial charge in [-0.2, -0.15) is 5.10 Å². The first-order valence-corrected chi connectivity index (χ1v) is 11.2. The Bertz CT molecular complexity index is 619. The van der Waals surface area contributed by atoms with E-state index in [-0.39, 0.29) is 0 Å². The molecule has 0 aliphatic heterocycles. The van der Waals surface area contributed by atoms with Crippen molar-refractivity contribution in [1.29, 1.82) is 0 Å². The van der Waals surface area contributed by atoms with Gasteiger partial charge in [0, 0.05) is 37.8 Å². The smallest absolute Gasteiger partial charge is 0.0669 e. The average molecular weight is 390 g/mol. The van der Waals surface area contributed by atoms with Crippen LogP contribution in [-0.2, 0) is 16.0 Å². The number of unbranched alkanes of at least 4 members (excludes halogenated alkanes) is 1. The molecule has 1 saturated carbocycles. The second-order valence-corrected chi connectivity index (χ2v) is 8.78. The van der Waals surface area contributed by atoms with Crippen molar-refractivity contribution in [2.45, 2.75) is 77.4 Å². The predicted octanol–water partition coefficient (Wildman–Crippen LogP) is 4.80. The molecule has 1 unspecified atom stereocenters. The molecule has 0 bridgehead atoms. The van der Waals surface area contributed by atoms with E-state index < -0.39 is 0 Å². The fraction of sp³-hybridized carbons (Fsp3) is 0.783. The summed E-state index contributed by atoms with van der Waals surface area (Å²) in [7, 11) is 3.97. The van der Waals surface area contributed by atoms with Crippen molar-refractivity contribution in [2.24, 2.45) is 5.41 Å². The summed E-state index contributed by atoms with van der Waals surface area (Å²) in [5, 5.41) is 7.71. The lowest BCUT2D eigenvalue weighted by Gasteiger charge is -2.41. The van der Waals surface area contributed by atoms with Gasteiger partial charge in [0.15, 0.2) is 0 Å². The lowest BCUT2D eigenvalue weighted by molar-refractivity contribution is -0.0438. The third-order valence-electron chi connectivity index (χ3n) is 6.59. The minimum atomic E-state index is 0.313. The summed E-state index contributed by atoms with van der Waals surface area (Å²) >= 11 is 0. The van der Waals surface area contributed by atoms with Crippen LogP contribution < -0.4 is 0 Å². The summed E-state index contributed by atoms with van der Waals surface area (Å²) in [6, 6.07) is 0. The molecule has 0 radical (unpaired) electrons. The van der Waals surface area contributed by atoms with Crippen LogP contribution in [0, 0.1) is 5.41 Å². The molecule has 1 fully saturated rings. The van der Waals surface area contributed by atoms with Gasteiger partial charge in [0.25, 0.3) is 0 Å². The zero-order chi connectivity index (χ0) is 19.8. The zero-order valence-corrected chi connectivity index (χ0v) is 18.1. The summed E-state index contributed by atoms with van der Waals surface area (Å²) in [5.74, 6) is 0. The molecule has 1 atom stereocenters. The number of nitrogens with zero attached hydrogens (tertiary/aromatic N) is 2. The van der Waals surface area contributed by atoms with E-state index in [9.17, 15) is 0 Å². The first-order valence-electron chi connectivity index (χ1n) is 11.2. The molecular weight excluding hydrogens is 350 g/mol. The van der Waals surface area contributed by atoms with Gasteiger partial charge in [-0.15, -0.1) is 0 Å². The number of aromatic amines is 1. The molecule has 1 spiro atoms. The van der Waals surface area contributed by atoms with Crippen molar-refractivity contribution >= 4 is 5.57 Å². The van der Waals surface area contributed by atoms with E-state index in [2.05, 4.69) is 35.1 Å². The van der Waals surface area contributed by atoms with Gasteiger partial charge >= 0.3 is 0 Å². The van der Waals surface area contributed by atoms with Crippen LogP contribution >= 0.6 is 0 Å². The van der Waals surface area contributed by atoms with Gasteiger partial charge in [-0.05, 0) is 57.7 Å². The van der Waals surface area contributed by atoms with Crippen LogP contribution in [0.3, 0.4) is 0 Å². The summed E-state index contributed by atoms with van der Waals surface area (Å²) in [4.78, 5) is 2.41. The number of hydrogen-bond donors (Lipinski definition) is 1. The zero-order valence-electron chi connectivity index (χ0n) is 18.1. The molecular formula is C23H39N3O2. The lowest BCUT2D eigenvalue weighted by atomic mass is 9.69. The third-order valence-corrected chi connectivity index (χ3v) is 6.59. The number of allylic oxidation sites excluding steroid dienone is 1. The van der Waals surface area contributed by atoms with E-state index >= 15 is 0 Å². The summed E-state index contributed by atoms with van der Waals surface area (Å²) in [6.07, 6.45) is 15.6. The first kappa shape index (κ1) is 21.5. The van der Waals surface area contributed by atoms with Crippen LogP contribution in [-0.4, -0.2) is 55.1 Å².